The average Bonchev–Trinajstić information content (AvgIpc) is 3.16. The second kappa shape index (κ2) is 6.46. The molecule has 3 aromatic rings. The normalized spacial score (nSPS) is 11.1. The van der Waals surface area contributed by atoms with Crippen LogP contribution in [0.2, 0.25) is 0 Å². The predicted molar refractivity (Wildman–Crippen MR) is 70.9 cm³/mol. The second-order valence-corrected chi connectivity index (χ2v) is 4.56. The van der Waals surface area contributed by atoms with Crippen molar-refractivity contribution in [2.45, 2.75) is 19.8 Å². The molecule has 10 heteroatoms. The minimum atomic E-state index is -2.55. The molecule has 0 atom stereocenters. The number of aromatic nitrogens is 5. The van der Waals surface area contributed by atoms with Crippen molar-refractivity contribution in [2.24, 2.45) is 0 Å². The van der Waals surface area contributed by atoms with Gasteiger partial charge in [-0.1, -0.05) is 15.5 Å². The highest BCUT2D eigenvalue weighted by Crippen LogP contribution is 2.20. The summed E-state index contributed by atoms with van der Waals surface area (Å²) in [5, 5.41) is 11.2. The van der Waals surface area contributed by atoms with E-state index in [1.54, 1.807) is 6.92 Å². The first kappa shape index (κ1) is 15.0. The van der Waals surface area contributed by atoms with Crippen molar-refractivity contribution in [3.63, 3.8) is 0 Å². The monoisotopic (exact) mass is 323 g/mol. The number of ether oxygens (including phenoxy) is 1. The summed E-state index contributed by atoms with van der Waals surface area (Å²) in [4.78, 5) is 8.25. The lowest BCUT2D eigenvalue weighted by atomic mass is 10.2. The zero-order valence-electron chi connectivity index (χ0n) is 11.9. The predicted octanol–water partition coefficient (Wildman–Crippen LogP) is 2.06. The molecule has 3 aromatic heterocycles. The summed E-state index contributed by atoms with van der Waals surface area (Å²) in [5.41, 5.74) is 1.56. The summed E-state index contributed by atoms with van der Waals surface area (Å²) < 4.78 is 39.0. The van der Waals surface area contributed by atoms with Crippen LogP contribution >= 0.6 is 0 Å². The molecule has 0 radical (unpaired) electrons. The zero-order valence-corrected chi connectivity index (χ0v) is 11.9. The van der Waals surface area contributed by atoms with Crippen molar-refractivity contribution in [2.75, 3.05) is 6.61 Å². The van der Waals surface area contributed by atoms with Crippen LogP contribution in [-0.2, 0) is 6.42 Å². The van der Waals surface area contributed by atoms with Crippen LogP contribution in [-0.4, -0.2) is 38.5 Å². The van der Waals surface area contributed by atoms with Crippen molar-refractivity contribution in [1.82, 2.24) is 25.4 Å². The topological polar surface area (TPSA) is 100.0 Å². The van der Waals surface area contributed by atoms with Gasteiger partial charge in [0.2, 0.25) is 11.7 Å². The van der Waals surface area contributed by atoms with E-state index < -0.39 is 13.0 Å². The van der Waals surface area contributed by atoms with Gasteiger partial charge in [-0.2, -0.15) is 4.98 Å². The number of hydrogen-bond acceptors (Lipinski definition) is 8. The molecular formula is C13H11F2N5O3. The summed E-state index contributed by atoms with van der Waals surface area (Å²) in [7, 11) is 0. The lowest BCUT2D eigenvalue weighted by Crippen LogP contribution is -2.07. The molecule has 0 saturated carbocycles. The largest absolute Gasteiger partial charge is 0.488 e. The fourth-order valence-corrected chi connectivity index (χ4v) is 1.77. The van der Waals surface area contributed by atoms with Crippen LogP contribution in [0.4, 0.5) is 8.78 Å². The summed E-state index contributed by atoms with van der Waals surface area (Å²) in [6, 6.07) is 2.93. The van der Waals surface area contributed by atoms with Gasteiger partial charge in [-0.15, -0.1) is 0 Å². The minimum absolute atomic E-state index is 0.219. The van der Waals surface area contributed by atoms with Crippen molar-refractivity contribution in [3.8, 4) is 17.3 Å². The first-order chi connectivity index (χ1) is 11.1. The van der Waals surface area contributed by atoms with Gasteiger partial charge in [0.25, 0.3) is 6.43 Å². The van der Waals surface area contributed by atoms with Crippen molar-refractivity contribution < 1.29 is 22.7 Å². The van der Waals surface area contributed by atoms with Gasteiger partial charge < -0.3 is 9.26 Å². The van der Waals surface area contributed by atoms with Crippen molar-refractivity contribution >= 4 is 0 Å². The van der Waals surface area contributed by atoms with E-state index in [1.165, 1.54) is 18.3 Å². The van der Waals surface area contributed by atoms with Crippen LogP contribution in [0.15, 0.2) is 27.5 Å². The number of hydrogen-bond donors (Lipinski definition) is 0. The van der Waals surface area contributed by atoms with E-state index in [0.29, 0.717) is 23.0 Å². The lowest BCUT2D eigenvalue weighted by molar-refractivity contribution is 0.0819. The minimum Gasteiger partial charge on any atom is -0.488 e. The summed E-state index contributed by atoms with van der Waals surface area (Å²) in [6.45, 7) is 1.05. The Balaban J connectivity index is 1.75. The standard InChI is InChI=1S/C13H11F2N5O3/c1-7-9(19-23-18-7)5-12-17-13(20-22-12)10-4-8(2-3-16-10)21-6-11(14)15/h2-4,11H,5-6H2,1H3. The number of nitrogens with zero attached hydrogens (tertiary/aromatic N) is 5. The lowest BCUT2D eigenvalue weighted by Gasteiger charge is -2.05. The van der Waals surface area contributed by atoms with Crippen LogP contribution in [0.25, 0.3) is 11.5 Å². The van der Waals surface area contributed by atoms with E-state index in [0.717, 1.165) is 0 Å². The molecule has 0 aliphatic rings. The quantitative estimate of drug-likeness (QED) is 0.679. The van der Waals surface area contributed by atoms with E-state index in [1.807, 2.05) is 0 Å². The summed E-state index contributed by atoms with van der Waals surface area (Å²) in [6.07, 6.45) is -0.871. The molecular weight excluding hydrogens is 312 g/mol. The van der Waals surface area contributed by atoms with Crippen molar-refractivity contribution in [3.05, 3.63) is 35.6 Å². The second-order valence-electron chi connectivity index (χ2n) is 4.56. The molecule has 120 valence electrons. The molecule has 23 heavy (non-hydrogen) atoms. The Hall–Kier alpha value is -2.91. The smallest absolute Gasteiger partial charge is 0.272 e. The molecule has 8 nitrogen and oxygen atoms in total. The molecule has 0 bridgehead atoms. The fraction of sp³-hybridized carbons (Fsp3) is 0.308. The van der Waals surface area contributed by atoms with Crippen LogP contribution in [0, 0.1) is 6.92 Å². The molecule has 0 aromatic carbocycles. The number of aryl methyl sites for hydroxylation is 1. The molecule has 3 heterocycles. The van der Waals surface area contributed by atoms with E-state index in [-0.39, 0.29) is 18.0 Å². The van der Waals surface area contributed by atoms with Gasteiger partial charge in [-0.05, 0) is 13.0 Å². The first-order valence-electron chi connectivity index (χ1n) is 6.60. The van der Waals surface area contributed by atoms with Gasteiger partial charge in [-0.25, -0.2) is 13.4 Å². The third kappa shape index (κ3) is 3.65. The Bertz CT molecular complexity index is 789. The molecule has 0 saturated heterocycles. The Kier molecular flexibility index (Phi) is 4.22. The highest BCUT2D eigenvalue weighted by molar-refractivity contribution is 5.50. The molecule has 0 aliphatic heterocycles. The van der Waals surface area contributed by atoms with Crippen LogP contribution in [0.1, 0.15) is 17.3 Å². The van der Waals surface area contributed by atoms with Gasteiger partial charge in [0, 0.05) is 12.3 Å². The number of alkyl halides is 2. The highest BCUT2D eigenvalue weighted by Gasteiger charge is 2.15. The molecule has 0 amide bonds. The molecule has 0 spiro atoms. The van der Waals surface area contributed by atoms with Gasteiger partial charge in [0.15, 0.2) is 0 Å². The Morgan fingerprint density at radius 1 is 1.26 bits per heavy atom. The maximum absolute atomic E-state index is 12.2. The van der Waals surface area contributed by atoms with Gasteiger partial charge >= 0.3 is 0 Å². The Morgan fingerprint density at radius 3 is 2.87 bits per heavy atom. The number of pyridine rings is 1. The van der Waals surface area contributed by atoms with Crippen molar-refractivity contribution in [1.29, 1.82) is 0 Å². The SMILES string of the molecule is Cc1nonc1Cc1nc(-c2cc(OCC(F)F)ccn2)no1. The van der Waals surface area contributed by atoms with E-state index in [2.05, 4.69) is 30.1 Å². The third-order valence-corrected chi connectivity index (χ3v) is 2.87. The van der Waals surface area contributed by atoms with E-state index in [9.17, 15) is 8.78 Å². The molecule has 0 N–H and O–H groups in total. The number of rotatable bonds is 6. The highest BCUT2D eigenvalue weighted by atomic mass is 19.3. The van der Waals surface area contributed by atoms with Crippen LogP contribution < -0.4 is 4.74 Å². The van der Waals surface area contributed by atoms with Gasteiger partial charge in [0.1, 0.15) is 29.4 Å². The fourth-order valence-electron chi connectivity index (χ4n) is 1.77. The van der Waals surface area contributed by atoms with E-state index in [4.69, 9.17) is 9.26 Å². The summed E-state index contributed by atoms with van der Waals surface area (Å²) >= 11 is 0. The first-order valence-corrected chi connectivity index (χ1v) is 6.60. The molecule has 0 aliphatic carbocycles. The third-order valence-electron chi connectivity index (χ3n) is 2.87. The van der Waals surface area contributed by atoms with Gasteiger partial charge in [0.05, 0.1) is 6.42 Å². The van der Waals surface area contributed by atoms with Crippen LogP contribution in [0.5, 0.6) is 5.75 Å². The molecule has 3 rings (SSSR count). The maximum atomic E-state index is 12.2. The Labute approximate surface area is 128 Å². The van der Waals surface area contributed by atoms with Crippen LogP contribution in [0.3, 0.4) is 0 Å². The summed E-state index contributed by atoms with van der Waals surface area (Å²) in [5.74, 6) is 0.773. The van der Waals surface area contributed by atoms with E-state index >= 15 is 0 Å². The molecule has 0 unspecified atom stereocenters. The zero-order chi connectivity index (χ0) is 16.2. The maximum Gasteiger partial charge on any atom is 0.272 e. The average molecular weight is 323 g/mol. The molecule has 0 fully saturated rings. The van der Waals surface area contributed by atoms with Gasteiger partial charge in [-0.3, -0.25) is 4.98 Å². The Morgan fingerprint density at radius 2 is 2.13 bits per heavy atom. The number of halogens is 2.